The topological polar surface area (TPSA) is 54.0 Å². The van der Waals surface area contributed by atoms with Gasteiger partial charge in [-0.05, 0) is 13.0 Å². The van der Waals surface area contributed by atoms with Crippen molar-refractivity contribution in [2.45, 2.75) is 40.1 Å². The molecule has 0 aromatic carbocycles. The molecule has 2 atom stereocenters. The molecule has 0 N–H and O–H groups in total. The molecule has 1 aliphatic heterocycles. The number of hydrogen-bond acceptors (Lipinski definition) is 5. The van der Waals surface area contributed by atoms with Crippen LogP contribution in [0.3, 0.4) is 0 Å². The summed E-state index contributed by atoms with van der Waals surface area (Å²) in [4.78, 5) is 11.2. The first-order valence-electron chi connectivity index (χ1n) is 6.16. The Morgan fingerprint density at radius 1 is 1.39 bits per heavy atom. The van der Waals surface area contributed by atoms with Crippen LogP contribution in [-0.2, 0) is 18.9 Å². The summed E-state index contributed by atoms with van der Waals surface area (Å²) in [5.41, 5.74) is -0.125. The molecule has 1 aliphatic rings. The quantitative estimate of drug-likeness (QED) is 0.562. The Hall–Kier alpha value is -1.07. The molecule has 104 valence electrons. The summed E-state index contributed by atoms with van der Waals surface area (Å²) in [6.07, 6.45) is 2.14. The Labute approximate surface area is 108 Å². The smallest absolute Gasteiger partial charge is 0.435 e. The standard InChI is InChI=1S/C13H22O5/c1-5-15-12(14)18-10-7-6-8-16-11(17-9-10)13(2,3)4/h6-7,10-11H,5,8-9H2,1-4H3/b7-6+. The van der Waals surface area contributed by atoms with Gasteiger partial charge in [-0.3, -0.25) is 0 Å². The fourth-order valence-electron chi connectivity index (χ4n) is 1.48. The number of hydrogen-bond donors (Lipinski definition) is 0. The fraction of sp³-hybridized carbons (Fsp3) is 0.769. The minimum atomic E-state index is -0.676. The summed E-state index contributed by atoms with van der Waals surface area (Å²) in [6.45, 7) is 8.82. The van der Waals surface area contributed by atoms with Crippen molar-refractivity contribution in [3.8, 4) is 0 Å². The Kier molecular flexibility index (Phi) is 5.62. The van der Waals surface area contributed by atoms with Crippen LogP contribution in [0.5, 0.6) is 0 Å². The molecule has 0 aromatic heterocycles. The first-order chi connectivity index (χ1) is 8.43. The molecule has 0 fully saturated rings. The van der Waals surface area contributed by atoms with Crippen molar-refractivity contribution in [2.75, 3.05) is 19.8 Å². The second-order valence-corrected chi connectivity index (χ2v) is 5.13. The van der Waals surface area contributed by atoms with Crippen molar-refractivity contribution in [1.29, 1.82) is 0 Å². The minimum Gasteiger partial charge on any atom is -0.435 e. The van der Waals surface area contributed by atoms with Gasteiger partial charge in [0.2, 0.25) is 0 Å². The van der Waals surface area contributed by atoms with Gasteiger partial charge in [0.15, 0.2) is 6.29 Å². The van der Waals surface area contributed by atoms with Gasteiger partial charge in [0.05, 0.1) is 19.8 Å². The Balaban J connectivity index is 2.52. The van der Waals surface area contributed by atoms with Crippen molar-refractivity contribution >= 4 is 6.16 Å². The molecule has 0 saturated heterocycles. The van der Waals surface area contributed by atoms with Crippen molar-refractivity contribution in [3.63, 3.8) is 0 Å². The fourth-order valence-corrected chi connectivity index (χ4v) is 1.48. The van der Waals surface area contributed by atoms with Crippen molar-refractivity contribution in [1.82, 2.24) is 0 Å². The lowest BCUT2D eigenvalue weighted by Gasteiger charge is -2.32. The highest BCUT2D eigenvalue weighted by atomic mass is 16.7. The van der Waals surface area contributed by atoms with Crippen LogP contribution in [0.1, 0.15) is 27.7 Å². The highest BCUT2D eigenvalue weighted by molar-refractivity contribution is 5.60. The summed E-state index contributed by atoms with van der Waals surface area (Å²) in [5.74, 6) is 0. The van der Waals surface area contributed by atoms with E-state index in [0.717, 1.165) is 0 Å². The molecule has 0 bridgehead atoms. The highest BCUT2D eigenvalue weighted by Gasteiger charge is 2.28. The van der Waals surface area contributed by atoms with Gasteiger partial charge in [-0.2, -0.15) is 0 Å². The van der Waals surface area contributed by atoms with Gasteiger partial charge < -0.3 is 18.9 Å². The van der Waals surface area contributed by atoms with Gasteiger partial charge >= 0.3 is 6.16 Å². The first kappa shape index (κ1) is 15.0. The monoisotopic (exact) mass is 258 g/mol. The summed E-state index contributed by atoms with van der Waals surface area (Å²) < 4.78 is 21.0. The zero-order chi connectivity index (χ0) is 13.6. The van der Waals surface area contributed by atoms with Gasteiger partial charge in [0.1, 0.15) is 6.10 Å². The normalized spacial score (nSPS) is 26.9. The maximum atomic E-state index is 11.2. The van der Waals surface area contributed by atoms with Gasteiger partial charge in [0.25, 0.3) is 0 Å². The van der Waals surface area contributed by atoms with E-state index < -0.39 is 12.3 Å². The van der Waals surface area contributed by atoms with E-state index in [1.165, 1.54) is 0 Å². The predicted molar refractivity (Wildman–Crippen MR) is 66.2 cm³/mol. The van der Waals surface area contributed by atoms with Gasteiger partial charge in [0, 0.05) is 5.41 Å². The molecule has 1 heterocycles. The lowest BCUT2D eigenvalue weighted by atomic mass is 9.96. The third-order valence-corrected chi connectivity index (χ3v) is 2.32. The zero-order valence-electron chi connectivity index (χ0n) is 11.5. The summed E-state index contributed by atoms with van der Waals surface area (Å²) in [7, 11) is 0. The summed E-state index contributed by atoms with van der Waals surface area (Å²) >= 11 is 0. The lowest BCUT2D eigenvalue weighted by Crippen LogP contribution is -2.36. The molecule has 0 saturated carbocycles. The van der Waals surface area contributed by atoms with E-state index in [1.807, 2.05) is 26.8 Å². The third-order valence-electron chi connectivity index (χ3n) is 2.32. The SMILES string of the molecule is CCOC(=O)OC1/C=C/COC(C(C)(C)C)OC1. The van der Waals surface area contributed by atoms with E-state index in [0.29, 0.717) is 13.2 Å². The first-order valence-corrected chi connectivity index (χ1v) is 6.16. The average Bonchev–Trinajstić information content (AvgIpc) is 2.20. The molecule has 2 unspecified atom stereocenters. The molecule has 0 radical (unpaired) electrons. The molecule has 0 aromatic rings. The van der Waals surface area contributed by atoms with Crippen LogP contribution in [0, 0.1) is 5.41 Å². The number of carbonyl (C=O) groups is 1. The van der Waals surface area contributed by atoms with E-state index in [9.17, 15) is 4.79 Å². The van der Waals surface area contributed by atoms with Crippen molar-refractivity contribution in [3.05, 3.63) is 12.2 Å². The average molecular weight is 258 g/mol. The molecule has 5 heteroatoms. The molecule has 1 rings (SSSR count). The molecule has 18 heavy (non-hydrogen) atoms. The third kappa shape index (κ3) is 5.06. The molecule has 0 spiro atoms. The molecule has 0 amide bonds. The second-order valence-electron chi connectivity index (χ2n) is 5.13. The van der Waals surface area contributed by atoms with E-state index in [4.69, 9.17) is 18.9 Å². The predicted octanol–water partition coefficient (Wildman–Crippen LogP) is 2.50. The largest absolute Gasteiger partial charge is 0.508 e. The van der Waals surface area contributed by atoms with Crippen LogP contribution < -0.4 is 0 Å². The maximum Gasteiger partial charge on any atom is 0.508 e. The van der Waals surface area contributed by atoms with Crippen molar-refractivity contribution in [2.24, 2.45) is 5.41 Å². The Morgan fingerprint density at radius 2 is 2.11 bits per heavy atom. The Morgan fingerprint density at radius 3 is 2.72 bits per heavy atom. The van der Waals surface area contributed by atoms with Crippen LogP contribution in [0.2, 0.25) is 0 Å². The summed E-state index contributed by atoms with van der Waals surface area (Å²) in [6, 6.07) is 0. The molecule has 5 nitrogen and oxygen atoms in total. The van der Waals surface area contributed by atoms with E-state index in [1.54, 1.807) is 13.0 Å². The van der Waals surface area contributed by atoms with E-state index in [-0.39, 0.29) is 18.3 Å². The van der Waals surface area contributed by atoms with Crippen LogP contribution in [0.15, 0.2) is 12.2 Å². The molecular formula is C13H22O5. The minimum absolute atomic E-state index is 0.125. The number of carbonyl (C=O) groups excluding carboxylic acids is 1. The summed E-state index contributed by atoms with van der Waals surface area (Å²) in [5, 5.41) is 0. The van der Waals surface area contributed by atoms with E-state index in [2.05, 4.69) is 0 Å². The number of ether oxygens (including phenoxy) is 4. The van der Waals surface area contributed by atoms with Crippen LogP contribution in [0.25, 0.3) is 0 Å². The van der Waals surface area contributed by atoms with Crippen LogP contribution in [-0.4, -0.2) is 38.4 Å². The van der Waals surface area contributed by atoms with Gasteiger partial charge in [-0.25, -0.2) is 4.79 Å². The highest BCUT2D eigenvalue weighted by Crippen LogP contribution is 2.24. The van der Waals surface area contributed by atoms with Crippen LogP contribution >= 0.6 is 0 Å². The zero-order valence-corrected chi connectivity index (χ0v) is 11.5. The number of rotatable bonds is 2. The van der Waals surface area contributed by atoms with E-state index >= 15 is 0 Å². The van der Waals surface area contributed by atoms with Crippen LogP contribution in [0.4, 0.5) is 4.79 Å². The van der Waals surface area contributed by atoms with Gasteiger partial charge in [-0.15, -0.1) is 0 Å². The van der Waals surface area contributed by atoms with Crippen molar-refractivity contribution < 1.29 is 23.7 Å². The van der Waals surface area contributed by atoms with Gasteiger partial charge in [-0.1, -0.05) is 26.8 Å². The molecular weight excluding hydrogens is 236 g/mol. The second kappa shape index (κ2) is 6.75. The Bertz CT molecular complexity index is 292. The molecule has 0 aliphatic carbocycles. The lowest BCUT2D eigenvalue weighted by molar-refractivity contribution is -0.200. The maximum absolute atomic E-state index is 11.2.